The van der Waals surface area contributed by atoms with Crippen LogP contribution in [-0.2, 0) is 4.74 Å². The minimum Gasteiger partial charge on any atom is -0.459 e. The van der Waals surface area contributed by atoms with Gasteiger partial charge in [-0.25, -0.2) is 4.79 Å². The number of nitrogens with zero attached hydrogens (tertiary/aromatic N) is 1. The largest absolute Gasteiger partial charge is 0.459 e. The van der Waals surface area contributed by atoms with Crippen LogP contribution in [0, 0.1) is 10.1 Å². The van der Waals surface area contributed by atoms with Crippen LogP contribution in [0.2, 0.25) is 0 Å². The lowest BCUT2D eigenvalue weighted by Gasteiger charge is -2.16. The minimum absolute atomic E-state index is 0.0232. The van der Waals surface area contributed by atoms with E-state index in [9.17, 15) is 14.9 Å². The molecule has 0 radical (unpaired) electrons. The highest BCUT2D eigenvalue weighted by atomic mass is 16.6. The lowest BCUT2D eigenvalue weighted by atomic mass is 10.1. The number of unbranched alkanes of at least 4 members (excludes halogenated alkanes) is 1. The lowest BCUT2D eigenvalue weighted by Crippen LogP contribution is -2.19. The van der Waals surface area contributed by atoms with Crippen LogP contribution in [-0.4, -0.2) is 17.0 Å². The van der Waals surface area contributed by atoms with Crippen LogP contribution in [0.15, 0.2) is 24.3 Å². The van der Waals surface area contributed by atoms with Gasteiger partial charge in [0.05, 0.1) is 4.92 Å². The summed E-state index contributed by atoms with van der Waals surface area (Å²) in [4.78, 5) is 22.4. The molecule has 5 nitrogen and oxygen atoms in total. The molecule has 0 aromatic heterocycles. The van der Waals surface area contributed by atoms with E-state index in [1.807, 2.05) is 6.92 Å². The standard InChI is InChI=1S/C15H21NO4/c1-3-5-9-12(8-4-2)20-15(17)13-10-6-7-11-14(13)16(18)19/h6-7,10-12H,3-5,8-9H2,1-2H3. The fourth-order valence-electron chi connectivity index (χ4n) is 2.04. The summed E-state index contributed by atoms with van der Waals surface area (Å²) in [5.74, 6) is -0.605. The molecule has 0 heterocycles. The Morgan fingerprint density at radius 3 is 2.55 bits per heavy atom. The van der Waals surface area contributed by atoms with Crippen LogP contribution in [0.4, 0.5) is 5.69 Å². The molecule has 110 valence electrons. The van der Waals surface area contributed by atoms with Gasteiger partial charge in [0, 0.05) is 6.07 Å². The molecule has 0 aliphatic carbocycles. The Morgan fingerprint density at radius 1 is 1.25 bits per heavy atom. The van der Waals surface area contributed by atoms with E-state index < -0.39 is 10.9 Å². The summed E-state index contributed by atoms with van der Waals surface area (Å²) in [6.07, 6.45) is 4.35. The van der Waals surface area contributed by atoms with Crippen LogP contribution in [0.3, 0.4) is 0 Å². The Hall–Kier alpha value is -1.91. The molecule has 5 heteroatoms. The van der Waals surface area contributed by atoms with Crippen molar-refractivity contribution in [2.24, 2.45) is 0 Å². The monoisotopic (exact) mass is 279 g/mol. The molecule has 1 aromatic rings. The normalized spacial score (nSPS) is 11.9. The quantitative estimate of drug-likeness (QED) is 0.408. The number of esters is 1. The van der Waals surface area contributed by atoms with Crippen LogP contribution in [0.25, 0.3) is 0 Å². The van der Waals surface area contributed by atoms with Gasteiger partial charge in [0.1, 0.15) is 11.7 Å². The average molecular weight is 279 g/mol. The number of ether oxygens (including phenoxy) is 1. The molecule has 20 heavy (non-hydrogen) atoms. The number of hydrogen-bond acceptors (Lipinski definition) is 4. The van der Waals surface area contributed by atoms with E-state index in [0.717, 1.165) is 32.1 Å². The van der Waals surface area contributed by atoms with E-state index >= 15 is 0 Å². The molecule has 1 aromatic carbocycles. The first-order chi connectivity index (χ1) is 9.60. The number of nitro groups is 1. The summed E-state index contributed by atoms with van der Waals surface area (Å²) in [5, 5.41) is 10.9. The Balaban J connectivity index is 2.80. The second-order valence-electron chi connectivity index (χ2n) is 4.73. The maximum Gasteiger partial charge on any atom is 0.345 e. The van der Waals surface area contributed by atoms with E-state index in [2.05, 4.69) is 6.92 Å². The smallest absolute Gasteiger partial charge is 0.345 e. The molecular formula is C15H21NO4. The number of benzene rings is 1. The summed E-state index contributed by atoms with van der Waals surface area (Å²) in [6.45, 7) is 4.10. The second kappa shape index (κ2) is 8.30. The van der Waals surface area contributed by atoms with Crippen LogP contribution >= 0.6 is 0 Å². The zero-order valence-electron chi connectivity index (χ0n) is 12.0. The molecule has 0 saturated heterocycles. The Bertz CT molecular complexity index is 459. The van der Waals surface area contributed by atoms with Gasteiger partial charge in [0.25, 0.3) is 5.69 Å². The van der Waals surface area contributed by atoms with Gasteiger partial charge in [-0.3, -0.25) is 10.1 Å². The van der Waals surface area contributed by atoms with Crippen molar-refractivity contribution in [2.45, 2.75) is 52.1 Å². The van der Waals surface area contributed by atoms with Crippen molar-refractivity contribution >= 4 is 11.7 Å². The summed E-state index contributed by atoms with van der Waals surface area (Å²) < 4.78 is 5.43. The zero-order valence-corrected chi connectivity index (χ0v) is 12.0. The lowest BCUT2D eigenvalue weighted by molar-refractivity contribution is -0.385. The molecule has 0 amide bonds. The third kappa shape index (κ3) is 4.64. The minimum atomic E-state index is -0.605. The summed E-state index contributed by atoms with van der Waals surface area (Å²) in [6, 6.07) is 5.89. The fourth-order valence-corrected chi connectivity index (χ4v) is 2.04. The van der Waals surface area contributed by atoms with Crippen molar-refractivity contribution < 1.29 is 14.5 Å². The highest BCUT2D eigenvalue weighted by Gasteiger charge is 2.23. The number of carbonyl (C=O) groups is 1. The Kier molecular flexibility index (Phi) is 6.70. The van der Waals surface area contributed by atoms with E-state index in [0.29, 0.717) is 0 Å². The Labute approximate surface area is 119 Å². The summed E-state index contributed by atoms with van der Waals surface area (Å²) in [7, 11) is 0. The topological polar surface area (TPSA) is 69.4 Å². The van der Waals surface area contributed by atoms with Gasteiger partial charge in [0.15, 0.2) is 0 Å². The molecule has 0 fully saturated rings. The summed E-state index contributed by atoms with van der Waals surface area (Å²) >= 11 is 0. The van der Waals surface area contributed by atoms with E-state index in [-0.39, 0.29) is 17.4 Å². The summed E-state index contributed by atoms with van der Waals surface area (Å²) in [5.41, 5.74) is -0.182. The Morgan fingerprint density at radius 2 is 1.95 bits per heavy atom. The predicted octanol–water partition coefficient (Wildman–Crippen LogP) is 4.11. The SMILES string of the molecule is CCCCC(CCC)OC(=O)c1ccccc1[N+](=O)[O-]. The molecule has 0 spiro atoms. The van der Waals surface area contributed by atoms with Crippen LogP contribution in [0.5, 0.6) is 0 Å². The molecule has 1 unspecified atom stereocenters. The molecule has 0 bridgehead atoms. The van der Waals surface area contributed by atoms with Gasteiger partial charge in [-0.15, -0.1) is 0 Å². The molecule has 0 N–H and O–H groups in total. The fraction of sp³-hybridized carbons (Fsp3) is 0.533. The maximum atomic E-state index is 12.1. The van der Waals surface area contributed by atoms with Gasteiger partial charge in [-0.1, -0.05) is 45.2 Å². The number of hydrogen-bond donors (Lipinski definition) is 0. The van der Waals surface area contributed by atoms with Gasteiger partial charge in [-0.05, 0) is 18.9 Å². The number of rotatable bonds is 8. The molecule has 1 rings (SSSR count). The van der Waals surface area contributed by atoms with Crippen LogP contribution in [0.1, 0.15) is 56.3 Å². The van der Waals surface area contributed by atoms with Crippen molar-refractivity contribution in [1.82, 2.24) is 0 Å². The first kappa shape index (κ1) is 16.1. The molecule has 0 saturated carbocycles. The van der Waals surface area contributed by atoms with Crippen molar-refractivity contribution in [3.63, 3.8) is 0 Å². The highest BCUT2D eigenvalue weighted by molar-refractivity contribution is 5.93. The second-order valence-corrected chi connectivity index (χ2v) is 4.73. The van der Waals surface area contributed by atoms with Gasteiger partial charge < -0.3 is 4.74 Å². The van der Waals surface area contributed by atoms with Crippen molar-refractivity contribution in [1.29, 1.82) is 0 Å². The van der Waals surface area contributed by atoms with Crippen molar-refractivity contribution in [3.8, 4) is 0 Å². The number of carbonyl (C=O) groups excluding carboxylic acids is 1. The van der Waals surface area contributed by atoms with E-state index in [4.69, 9.17) is 4.74 Å². The van der Waals surface area contributed by atoms with Gasteiger partial charge in [0.2, 0.25) is 0 Å². The first-order valence-electron chi connectivity index (χ1n) is 7.04. The number of para-hydroxylation sites is 1. The molecule has 0 aliphatic heterocycles. The maximum absolute atomic E-state index is 12.1. The van der Waals surface area contributed by atoms with Crippen molar-refractivity contribution in [2.75, 3.05) is 0 Å². The first-order valence-corrected chi connectivity index (χ1v) is 7.04. The third-order valence-electron chi connectivity index (χ3n) is 3.08. The van der Waals surface area contributed by atoms with Gasteiger partial charge in [-0.2, -0.15) is 0 Å². The molecular weight excluding hydrogens is 258 g/mol. The van der Waals surface area contributed by atoms with Crippen molar-refractivity contribution in [3.05, 3.63) is 39.9 Å². The average Bonchev–Trinajstić information content (AvgIpc) is 2.44. The highest BCUT2D eigenvalue weighted by Crippen LogP contribution is 2.21. The third-order valence-corrected chi connectivity index (χ3v) is 3.08. The van der Waals surface area contributed by atoms with Gasteiger partial charge >= 0.3 is 5.97 Å². The van der Waals surface area contributed by atoms with Crippen LogP contribution < -0.4 is 0 Å². The van der Waals surface area contributed by atoms with E-state index in [1.165, 1.54) is 18.2 Å². The van der Waals surface area contributed by atoms with E-state index in [1.54, 1.807) is 6.07 Å². The predicted molar refractivity (Wildman–Crippen MR) is 76.7 cm³/mol. The zero-order chi connectivity index (χ0) is 15.0. The number of nitro benzene ring substituents is 1. The molecule has 0 aliphatic rings. The molecule has 1 atom stereocenters.